The Hall–Kier alpha value is -1.70. The van der Waals surface area contributed by atoms with Crippen LogP contribution in [0.2, 0.25) is 0 Å². The highest BCUT2D eigenvalue weighted by atomic mass is 31.2. The molecule has 0 aromatic heterocycles. The van der Waals surface area contributed by atoms with Crippen molar-refractivity contribution in [3.8, 4) is 0 Å². The smallest absolute Gasteiger partial charge is 0.457 e. The summed E-state index contributed by atoms with van der Waals surface area (Å²) in [7, 11) is -5.03. The van der Waals surface area contributed by atoms with E-state index in [1.807, 2.05) is 0 Å². The van der Waals surface area contributed by atoms with Crippen molar-refractivity contribution in [1.82, 2.24) is 0 Å². The minimum Gasteiger partial charge on any atom is -0.457 e. The third-order valence-corrected chi connectivity index (χ3v) is 14.0. The number of ether oxygens (including phenoxy) is 2. The largest absolute Gasteiger partial charge is 0.472 e. The summed E-state index contributed by atoms with van der Waals surface area (Å²) in [5.74, 6) is -0.488. The van der Waals surface area contributed by atoms with Gasteiger partial charge in [0.1, 0.15) is 42.7 Å². The van der Waals surface area contributed by atoms with Crippen molar-refractivity contribution in [2.45, 2.75) is 281 Å². The van der Waals surface area contributed by atoms with E-state index in [0.29, 0.717) is 13.0 Å². The van der Waals surface area contributed by atoms with E-state index in [0.717, 1.165) is 83.5 Å². The Labute approximate surface area is 420 Å². The number of carbonyl (C=O) groups is 1. The standard InChI is InChI=1S/C56H103O12P/c1-3-5-7-9-11-13-15-17-19-21-23-24-25-26-28-30-32-34-36-38-40-42-44-46-65-47-49(48-66-69(63,64)68-56-54(61)52(59)51(58)53(60)55(56)62)67-50(57)45-43-41-39-37-35-33-31-29-27-22-20-18-16-14-12-10-8-6-4-2/h6,8,12,14,18,20,27,29,49,51-56,58-62H,3-5,7,9-11,13,15-17,19,21-26,28,30-48H2,1-2H3,(H,63,64)/b8-6-,14-12-,20-18-,29-27-. The van der Waals surface area contributed by atoms with Gasteiger partial charge in [0.25, 0.3) is 0 Å². The van der Waals surface area contributed by atoms with Crippen molar-refractivity contribution in [3.05, 3.63) is 48.6 Å². The van der Waals surface area contributed by atoms with Crippen molar-refractivity contribution in [1.29, 1.82) is 0 Å². The average Bonchev–Trinajstić information content (AvgIpc) is 3.34. The minimum absolute atomic E-state index is 0.0807. The topological polar surface area (TPSA) is 192 Å². The summed E-state index contributed by atoms with van der Waals surface area (Å²) in [6.07, 6.45) is 46.1. The number of esters is 1. The van der Waals surface area contributed by atoms with Crippen molar-refractivity contribution in [2.75, 3.05) is 19.8 Å². The molecule has 1 aliphatic rings. The lowest BCUT2D eigenvalue weighted by Gasteiger charge is -2.41. The normalized spacial score (nSPS) is 21.3. The molecular formula is C56H103O12P. The SMILES string of the molecule is CC/C=C\C/C=C\C/C=C\C/C=C\CCCCCCCCC(=O)OC(COCCCCCCCCCCCCCCCCCCCCCCCCC)COP(=O)(O)OC1C(O)C(O)C(O)C(O)C1O. The number of phosphoric ester groups is 1. The molecule has 0 spiro atoms. The number of allylic oxidation sites excluding steroid dienone is 8. The zero-order valence-electron chi connectivity index (χ0n) is 43.6. The zero-order valence-corrected chi connectivity index (χ0v) is 44.5. The number of hydrogen-bond acceptors (Lipinski definition) is 11. The molecule has 0 bridgehead atoms. The molecule has 13 heteroatoms. The van der Waals surface area contributed by atoms with Gasteiger partial charge in [-0.3, -0.25) is 13.8 Å². The maximum absolute atomic E-state index is 12.9. The van der Waals surface area contributed by atoms with Gasteiger partial charge in [-0.05, 0) is 51.4 Å². The number of unbranched alkanes of at least 4 members (excludes halogenated alkanes) is 28. The quantitative estimate of drug-likeness (QED) is 0.0146. The first-order valence-corrected chi connectivity index (χ1v) is 29.5. The third kappa shape index (κ3) is 37.7. The second-order valence-electron chi connectivity index (χ2n) is 19.4. The second kappa shape index (κ2) is 46.1. The van der Waals surface area contributed by atoms with Crippen LogP contribution < -0.4 is 0 Å². The Balaban J connectivity index is 2.29. The maximum atomic E-state index is 12.9. The van der Waals surface area contributed by atoms with Crippen LogP contribution in [0.5, 0.6) is 0 Å². The maximum Gasteiger partial charge on any atom is 0.472 e. The molecule has 404 valence electrons. The Morgan fingerprint density at radius 1 is 0.478 bits per heavy atom. The van der Waals surface area contributed by atoms with Gasteiger partial charge in [-0.15, -0.1) is 0 Å². The highest BCUT2D eigenvalue weighted by Gasteiger charge is 2.51. The molecule has 0 amide bonds. The number of aliphatic hydroxyl groups is 5. The van der Waals surface area contributed by atoms with E-state index in [9.17, 15) is 39.8 Å². The van der Waals surface area contributed by atoms with Gasteiger partial charge in [0, 0.05) is 13.0 Å². The predicted octanol–water partition coefficient (Wildman–Crippen LogP) is 13.2. The van der Waals surface area contributed by atoms with E-state index in [2.05, 4.69) is 62.5 Å². The summed E-state index contributed by atoms with van der Waals surface area (Å²) in [5.41, 5.74) is 0. The first-order chi connectivity index (χ1) is 33.5. The molecule has 6 atom stereocenters. The molecule has 0 radical (unpaired) electrons. The Morgan fingerprint density at radius 3 is 1.30 bits per heavy atom. The van der Waals surface area contributed by atoms with Crippen LogP contribution in [0, 0.1) is 0 Å². The van der Waals surface area contributed by atoms with Crippen LogP contribution in [0.1, 0.15) is 239 Å². The fourth-order valence-corrected chi connectivity index (χ4v) is 9.56. The molecule has 1 aliphatic carbocycles. The third-order valence-electron chi connectivity index (χ3n) is 13.0. The van der Waals surface area contributed by atoms with Gasteiger partial charge in [0.2, 0.25) is 0 Å². The molecule has 1 fully saturated rings. The molecule has 0 aliphatic heterocycles. The van der Waals surface area contributed by atoms with E-state index in [1.54, 1.807) is 0 Å². The number of aliphatic hydroxyl groups excluding tert-OH is 5. The van der Waals surface area contributed by atoms with Crippen molar-refractivity contribution in [2.24, 2.45) is 0 Å². The van der Waals surface area contributed by atoms with Crippen LogP contribution >= 0.6 is 7.82 Å². The monoisotopic (exact) mass is 999 g/mol. The minimum atomic E-state index is -5.03. The summed E-state index contributed by atoms with van der Waals surface area (Å²) < 4.78 is 34.4. The Kier molecular flexibility index (Phi) is 43.6. The van der Waals surface area contributed by atoms with Gasteiger partial charge in [-0.2, -0.15) is 0 Å². The second-order valence-corrected chi connectivity index (χ2v) is 20.8. The van der Waals surface area contributed by atoms with Crippen LogP contribution in [0.25, 0.3) is 0 Å². The van der Waals surface area contributed by atoms with Gasteiger partial charge in [-0.25, -0.2) is 4.57 Å². The molecule has 12 nitrogen and oxygen atoms in total. The molecule has 69 heavy (non-hydrogen) atoms. The number of hydrogen-bond donors (Lipinski definition) is 6. The van der Waals surface area contributed by atoms with Crippen LogP contribution in [-0.4, -0.2) is 98.9 Å². The molecular weight excluding hydrogens is 896 g/mol. The van der Waals surface area contributed by atoms with E-state index in [-0.39, 0.29) is 13.0 Å². The lowest BCUT2D eigenvalue weighted by molar-refractivity contribution is -0.220. The van der Waals surface area contributed by atoms with E-state index in [1.165, 1.54) is 128 Å². The summed E-state index contributed by atoms with van der Waals surface area (Å²) in [4.78, 5) is 23.3. The van der Waals surface area contributed by atoms with Crippen LogP contribution in [-0.2, 0) is 27.9 Å². The molecule has 6 N–H and O–H groups in total. The van der Waals surface area contributed by atoms with Crippen LogP contribution in [0.4, 0.5) is 0 Å². The average molecular weight is 999 g/mol. The molecule has 1 rings (SSSR count). The molecule has 0 heterocycles. The number of carbonyl (C=O) groups excluding carboxylic acids is 1. The predicted molar refractivity (Wildman–Crippen MR) is 281 cm³/mol. The van der Waals surface area contributed by atoms with Gasteiger partial charge < -0.3 is 39.9 Å². The molecule has 1 saturated carbocycles. The fraction of sp³-hybridized carbons (Fsp3) is 0.839. The Morgan fingerprint density at radius 2 is 0.855 bits per heavy atom. The lowest BCUT2D eigenvalue weighted by Crippen LogP contribution is -2.64. The fourth-order valence-electron chi connectivity index (χ4n) is 8.58. The first-order valence-electron chi connectivity index (χ1n) is 28.0. The van der Waals surface area contributed by atoms with E-state index in [4.69, 9.17) is 18.5 Å². The van der Waals surface area contributed by atoms with E-state index >= 15 is 0 Å². The number of rotatable bonds is 48. The highest BCUT2D eigenvalue weighted by Crippen LogP contribution is 2.47. The van der Waals surface area contributed by atoms with Crippen molar-refractivity contribution < 1.29 is 58.3 Å². The summed E-state index contributed by atoms with van der Waals surface area (Å²) in [6.45, 7) is 4.18. The zero-order chi connectivity index (χ0) is 50.5. The summed E-state index contributed by atoms with van der Waals surface area (Å²) in [5, 5.41) is 50.4. The Bertz CT molecular complexity index is 1320. The van der Waals surface area contributed by atoms with Gasteiger partial charge in [-0.1, -0.05) is 229 Å². The molecule has 0 aromatic carbocycles. The number of phosphoric acid groups is 1. The highest BCUT2D eigenvalue weighted by molar-refractivity contribution is 7.47. The molecule has 6 unspecified atom stereocenters. The van der Waals surface area contributed by atoms with Crippen LogP contribution in [0.15, 0.2) is 48.6 Å². The van der Waals surface area contributed by atoms with E-state index < -0.39 is 63.1 Å². The molecule has 0 saturated heterocycles. The van der Waals surface area contributed by atoms with Gasteiger partial charge in [0.15, 0.2) is 0 Å². The van der Waals surface area contributed by atoms with Gasteiger partial charge >= 0.3 is 13.8 Å². The van der Waals surface area contributed by atoms with Crippen LogP contribution in [0.3, 0.4) is 0 Å². The lowest BCUT2D eigenvalue weighted by atomic mass is 9.85. The first kappa shape index (κ1) is 65.3. The molecule has 0 aromatic rings. The summed E-state index contributed by atoms with van der Waals surface area (Å²) >= 11 is 0. The van der Waals surface area contributed by atoms with Crippen molar-refractivity contribution >= 4 is 13.8 Å². The van der Waals surface area contributed by atoms with Crippen molar-refractivity contribution in [3.63, 3.8) is 0 Å². The van der Waals surface area contributed by atoms with Gasteiger partial charge in [0.05, 0.1) is 13.2 Å². The summed E-state index contributed by atoms with van der Waals surface area (Å²) in [6, 6.07) is 0.